The Morgan fingerprint density at radius 2 is 1.30 bits per heavy atom. The lowest BCUT2D eigenvalue weighted by atomic mass is 9.75. The van der Waals surface area contributed by atoms with Gasteiger partial charge in [0.05, 0.1) is 0 Å². The Morgan fingerprint density at radius 3 is 1.94 bits per heavy atom. The van der Waals surface area contributed by atoms with E-state index in [0.29, 0.717) is 47.4 Å². The predicted molar refractivity (Wildman–Crippen MR) is 124 cm³/mol. The van der Waals surface area contributed by atoms with Crippen LogP contribution in [0.2, 0.25) is 0 Å². The molecule has 0 spiro atoms. The highest BCUT2D eigenvalue weighted by atomic mass is 19.2. The van der Waals surface area contributed by atoms with Crippen molar-refractivity contribution in [3.63, 3.8) is 0 Å². The molecule has 2 aliphatic rings. The Hall–Kier alpha value is -2.62. The SMILES string of the molecule is CCCc1cc2c(c(F)c1F)-c1c(cc(C3CCC(c4ccc(C)cc4)CC3)c(F)c1F)C2. The molecule has 1 saturated carbocycles. The van der Waals surface area contributed by atoms with Crippen molar-refractivity contribution in [1.82, 2.24) is 0 Å². The zero-order valence-electron chi connectivity index (χ0n) is 19.1. The van der Waals surface area contributed by atoms with Gasteiger partial charge >= 0.3 is 0 Å². The van der Waals surface area contributed by atoms with Crippen LogP contribution in [0.15, 0.2) is 36.4 Å². The molecule has 0 amide bonds. The Kier molecular flexibility index (Phi) is 5.80. The van der Waals surface area contributed by atoms with Crippen LogP contribution in [0.1, 0.15) is 84.2 Å². The maximum Gasteiger partial charge on any atom is 0.167 e. The van der Waals surface area contributed by atoms with E-state index < -0.39 is 23.3 Å². The summed E-state index contributed by atoms with van der Waals surface area (Å²) in [5.41, 5.74) is 4.12. The van der Waals surface area contributed by atoms with Crippen molar-refractivity contribution < 1.29 is 17.6 Å². The van der Waals surface area contributed by atoms with Crippen LogP contribution in [0.25, 0.3) is 11.1 Å². The largest absolute Gasteiger partial charge is 0.203 e. The van der Waals surface area contributed by atoms with Crippen LogP contribution in [0.3, 0.4) is 0 Å². The third-order valence-corrected chi connectivity index (χ3v) is 7.55. The van der Waals surface area contributed by atoms with Crippen molar-refractivity contribution in [3.05, 3.63) is 93.0 Å². The molecule has 33 heavy (non-hydrogen) atoms. The third kappa shape index (κ3) is 3.78. The van der Waals surface area contributed by atoms with Crippen LogP contribution in [0.5, 0.6) is 0 Å². The summed E-state index contributed by atoms with van der Waals surface area (Å²) in [6.45, 7) is 3.96. The van der Waals surface area contributed by atoms with E-state index in [4.69, 9.17) is 0 Å². The quantitative estimate of drug-likeness (QED) is 0.272. The molecule has 0 unspecified atom stereocenters. The molecule has 0 aromatic heterocycles. The van der Waals surface area contributed by atoms with E-state index >= 15 is 8.78 Å². The van der Waals surface area contributed by atoms with Crippen LogP contribution in [0, 0.1) is 30.2 Å². The summed E-state index contributed by atoms with van der Waals surface area (Å²) in [5.74, 6) is -3.57. The van der Waals surface area contributed by atoms with Crippen LogP contribution in [-0.2, 0) is 12.8 Å². The fourth-order valence-electron chi connectivity index (χ4n) is 5.79. The van der Waals surface area contributed by atoms with Crippen LogP contribution in [-0.4, -0.2) is 0 Å². The smallest absolute Gasteiger partial charge is 0.167 e. The first-order chi connectivity index (χ1) is 15.9. The molecule has 3 aromatic carbocycles. The maximum absolute atomic E-state index is 15.3. The number of aryl methyl sites for hydroxylation is 2. The summed E-state index contributed by atoms with van der Waals surface area (Å²) in [6, 6.07) is 11.9. The van der Waals surface area contributed by atoms with Gasteiger partial charge in [-0.2, -0.15) is 0 Å². The van der Waals surface area contributed by atoms with Crippen molar-refractivity contribution in [1.29, 1.82) is 0 Å². The minimum Gasteiger partial charge on any atom is -0.203 e. The molecule has 0 N–H and O–H groups in total. The van der Waals surface area contributed by atoms with Gasteiger partial charge in [0.25, 0.3) is 0 Å². The number of hydrogen-bond donors (Lipinski definition) is 0. The molecule has 4 heteroatoms. The maximum atomic E-state index is 15.3. The molecular weight excluding hydrogens is 424 g/mol. The molecule has 5 rings (SSSR count). The fourth-order valence-corrected chi connectivity index (χ4v) is 5.79. The van der Waals surface area contributed by atoms with Crippen LogP contribution in [0.4, 0.5) is 17.6 Å². The molecule has 0 bridgehead atoms. The van der Waals surface area contributed by atoms with Crippen molar-refractivity contribution in [2.75, 3.05) is 0 Å². The first-order valence-electron chi connectivity index (χ1n) is 12.0. The van der Waals surface area contributed by atoms with E-state index in [1.807, 2.05) is 6.92 Å². The monoisotopic (exact) mass is 452 g/mol. The van der Waals surface area contributed by atoms with Gasteiger partial charge in [-0.3, -0.25) is 0 Å². The highest BCUT2D eigenvalue weighted by Crippen LogP contribution is 2.47. The Morgan fingerprint density at radius 1 is 0.727 bits per heavy atom. The topological polar surface area (TPSA) is 0 Å². The van der Waals surface area contributed by atoms with Crippen molar-refractivity contribution in [2.45, 2.75) is 70.6 Å². The molecule has 0 heterocycles. The normalized spacial score (nSPS) is 19.5. The molecule has 0 saturated heterocycles. The molecule has 172 valence electrons. The summed E-state index contributed by atoms with van der Waals surface area (Å²) in [7, 11) is 0. The molecule has 3 aromatic rings. The second-order valence-corrected chi connectivity index (χ2v) is 9.71. The van der Waals surface area contributed by atoms with E-state index in [1.54, 1.807) is 12.1 Å². The zero-order valence-corrected chi connectivity index (χ0v) is 19.1. The van der Waals surface area contributed by atoms with Gasteiger partial charge in [0.15, 0.2) is 23.3 Å². The van der Waals surface area contributed by atoms with Gasteiger partial charge in [0, 0.05) is 11.1 Å². The Bertz CT molecular complexity index is 1200. The summed E-state index contributed by atoms with van der Waals surface area (Å²) in [5, 5.41) is 0. The molecule has 0 aliphatic heterocycles. The second-order valence-electron chi connectivity index (χ2n) is 9.71. The lowest BCUT2D eigenvalue weighted by Gasteiger charge is -2.30. The molecular formula is C29H28F4. The molecule has 0 atom stereocenters. The minimum atomic E-state index is -1.06. The van der Waals surface area contributed by atoms with E-state index in [0.717, 1.165) is 25.7 Å². The number of halogens is 4. The number of fused-ring (bicyclic) bond motifs is 3. The standard InChI is InChI=1S/C29H28F4/c1-3-4-20-13-21-14-22-15-23(27(31)29(33)25(22)24(21)28(32)26(20)30)19-11-9-18(10-12-19)17-7-5-16(2)6-8-17/h5-8,13,15,18-19H,3-4,9-12,14H2,1-2H3. The Labute approximate surface area is 192 Å². The van der Waals surface area contributed by atoms with Crippen molar-refractivity contribution >= 4 is 0 Å². The van der Waals surface area contributed by atoms with E-state index in [2.05, 4.69) is 31.2 Å². The van der Waals surface area contributed by atoms with Crippen molar-refractivity contribution in [3.8, 4) is 11.1 Å². The summed E-state index contributed by atoms with van der Waals surface area (Å²) < 4.78 is 60.0. The summed E-state index contributed by atoms with van der Waals surface area (Å²) in [4.78, 5) is 0. The van der Waals surface area contributed by atoms with Crippen LogP contribution < -0.4 is 0 Å². The Balaban J connectivity index is 1.44. The van der Waals surface area contributed by atoms with Crippen molar-refractivity contribution in [2.24, 2.45) is 0 Å². The van der Waals surface area contributed by atoms with E-state index in [-0.39, 0.29) is 17.0 Å². The highest BCUT2D eigenvalue weighted by molar-refractivity contribution is 5.79. The zero-order chi connectivity index (χ0) is 23.3. The first kappa shape index (κ1) is 22.2. The minimum absolute atomic E-state index is 0.0625. The van der Waals surface area contributed by atoms with Gasteiger partial charge in [-0.25, -0.2) is 17.6 Å². The number of rotatable bonds is 4. The highest BCUT2D eigenvalue weighted by Gasteiger charge is 2.34. The molecule has 2 aliphatic carbocycles. The number of hydrogen-bond acceptors (Lipinski definition) is 0. The number of benzene rings is 3. The average molecular weight is 453 g/mol. The van der Waals surface area contributed by atoms with Gasteiger partial charge in [0.1, 0.15) is 0 Å². The molecule has 1 fully saturated rings. The van der Waals surface area contributed by atoms with Gasteiger partial charge in [0.2, 0.25) is 0 Å². The van der Waals surface area contributed by atoms with E-state index in [9.17, 15) is 8.78 Å². The molecule has 0 radical (unpaired) electrons. The van der Waals surface area contributed by atoms with Gasteiger partial charge in [-0.05, 0) is 85.1 Å². The second kappa shape index (κ2) is 8.62. The first-order valence-corrected chi connectivity index (χ1v) is 12.0. The summed E-state index contributed by atoms with van der Waals surface area (Å²) in [6.07, 6.45) is 4.81. The lowest BCUT2D eigenvalue weighted by molar-refractivity contribution is 0.381. The molecule has 0 nitrogen and oxygen atoms in total. The van der Waals surface area contributed by atoms with Crippen LogP contribution >= 0.6 is 0 Å². The van der Waals surface area contributed by atoms with Gasteiger partial charge < -0.3 is 0 Å². The predicted octanol–water partition coefficient (Wildman–Crippen LogP) is 8.52. The van der Waals surface area contributed by atoms with E-state index in [1.165, 1.54) is 11.1 Å². The lowest BCUT2D eigenvalue weighted by Crippen LogP contribution is -2.14. The van der Waals surface area contributed by atoms with Gasteiger partial charge in [-0.1, -0.05) is 55.3 Å². The fraction of sp³-hybridized carbons (Fsp3) is 0.379. The third-order valence-electron chi connectivity index (χ3n) is 7.55. The average Bonchev–Trinajstić information content (AvgIpc) is 3.19. The van der Waals surface area contributed by atoms with Gasteiger partial charge in [-0.15, -0.1) is 0 Å². The summed E-state index contributed by atoms with van der Waals surface area (Å²) >= 11 is 0.